The van der Waals surface area contributed by atoms with E-state index in [9.17, 15) is 4.39 Å². The van der Waals surface area contributed by atoms with Crippen molar-refractivity contribution in [3.8, 4) is 0 Å². The standard InChI is InChI=1S/C16H25FN2O/c1-4-18-12(2)13-5-6-16(15(17)11-13)19-9-7-14(20-3)8-10-19/h5-6,11-12,14,18H,4,7-10H2,1-3H3. The topological polar surface area (TPSA) is 24.5 Å². The van der Waals surface area contributed by atoms with Gasteiger partial charge in [0.2, 0.25) is 0 Å². The lowest BCUT2D eigenvalue weighted by molar-refractivity contribution is 0.0818. The van der Waals surface area contributed by atoms with Crippen LogP contribution in [0, 0.1) is 5.82 Å². The largest absolute Gasteiger partial charge is 0.381 e. The molecule has 0 amide bonds. The molecule has 3 nitrogen and oxygen atoms in total. The lowest BCUT2D eigenvalue weighted by atomic mass is 10.0. The van der Waals surface area contributed by atoms with Gasteiger partial charge in [-0.05, 0) is 44.0 Å². The second kappa shape index (κ2) is 7.04. The summed E-state index contributed by atoms with van der Waals surface area (Å²) in [7, 11) is 1.75. The molecule has 0 spiro atoms. The lowest BCUT2D eigenvalue weighted by Crippen LogP contribution is -2.37. The highest BCUT2D eigenvalue weighted by atomic mass is 19.1. The van der Waals surface area contributed by atoms with Crippen molar-refractivity contribution in [2.24, 2.45) is 0 Å². The molecule has 1 heterocycles. The van der Waals surface area contributed by atoms with E-state index >= 15 is 0 Å². The van der Waals surface area contributed by atoms with Crippen LogP contribution in [0.1, 0.15) is 38.3 Å². The van der Waals surface area contributed by atoms with Crippen LogP contribution in [-0.2, 0) is 4.74 Å². The molecule has 1 saturated heterocycles. The molecule has 0 radical (unpaired) electrons. The van der Waals surface area contributed by atoms with Gasteiger partial charge in [-0.2, -0.15) is 0 Å². The number of nitrogens with one attached hydrogen (secondary N) is 1. The molecule has 1 aromatic rings. The first-order chi connectivity index (χ1) is 9.65. The number of hydrogen-bond donors (Lipinski definition) is 1. The fraction of sp³-hybridized carbons (Fsp3) is 0.625. The predicted octanol–water partition coefficient (Wildman–Crippen LogP) is 3.11. The number of nitrogens with zero attached hydrogens (tertiary/aromatic N) is 1. The number of ether oxygens (including phenoxy) is 1. The molecular weight excluding hydrogens is 255 g/mol. The number of piperidine rings is 1. The van der Waals surface area contributed by atoms with E-state index < -0.39 is 0 Å². The fourth-order valence-electron chi connectivity index (χ4n) is 2.81. The quantitative estimate of drug-likeness (QED) is 0.897. The summed E-state index contributed by atoms with van der Waals surface area (Å²) in [5.74, 6) is -0.122. The van der Waals surface area contributed by atoms with Crippen LogP contribution in [0.25, 0.3) is 0 Å². The van der Waals surface area contributed by atoms with Gasteiger partial charge in [-0.3, -0.25) is 0 Å². The summed E-state index contributed by atoms with van der Waals surface area (Å²) in [4.78, 5) is 2.12. The molecule has 1 aromatic carbocycles. The minimum Gasteiger partial charge on any atom is -0.381 e. The Morgan fingerprint density at radius 2 is 2.10 bits per heavy atom. The summed E-state index contributed by atoms with van der Waals surface area (Å²) in [6.07, 6.45) is 2.25. The van der Waals surface area contributed by atoms with E-state index in [2.05, 4.69) is 24.1 Å². The Morgan fingerprint density at radius 1 is 1.40 bits per heavy atom. The molecule has 0 bridgehead atoms. The first-order valence-electron chi connectivity index (χ1n) is 7.46. The first kappa shape index (κ1) is 15.3. The highest BCUT2D eigenvalue weighted by Crippen LogP contribution is 2.26. The minimum absolute atomic E-state index is 0.122. The van der Waals surface area contributed by atoms with Crippen LogP contribution in [0.5, 0.6) is 0 Å². The van der Waals surface area contributed by atoms with Crippen LogP contribution in [0.15, 0.2) is 18.2 Å². The molecule has 20 heavy (non-hydrogen) atoms. The van der Waals surface area contributed by atoms with Gasteiger partial charge >= 0.3 is 0 Å². The van der Waals surface area contributed by atoms with E-state index in [1.54, 1.807) is 13.2 Å². The van der Waals surface area contributed by atoms with Crippen LogP contribution < -0.4 is 10.2 Å². The van der Waals surface area contributed by atoms with Crippen molar-refractivity contribution in [3.63, 3.8) is 0 Å². The Balaban J connectivity index is 2.06. The molecule has 0 aliphatic carbocycles. The second-order valence-electron chi connectivity index (χ2n) is 5.41. The SMILES string of the molecule is CCNC(C)c1ccc(N2CCC(OC)CC2)c(F)c1. The molecule has 0 aromatic heterocycles. The lowest BCUT2D eigenvalue weighted by Gasteiger charge is -2.33. The van der Waals surface area contributed by atoms with Crippen LogP contribution >= 0.6 is 0 Å². The molecule has 0 saturated carbocycles. The number of benzene rings is 1. The third-order valence-electron chi connectivity index (χ3n) is 4.10. The van der Waals surface area contributed by atoms with Crippen LogP contribution in [-0.4, -0.2) is 32.8 Å². The molecule has 4 heteroatoms. The van der Waals surface area contributed by atoms with E-state index in [0.717, 1.165) is 38.0 Å². The summed E-state index contributed by atoms with van der Waals surface area (Å²) in [6, 6.07) is 5.77. The van der Waals surface area contributed by atoms with Gasteiger partial charge in [0.25, 0.3) is 0 Å². The maximum atomic E-state index is 14.3. The molecule has 112 valence electrons. The molecule has 2 rings (SSSR count). The smallest absolute Gasteiger partial charge is 0.146 e. The zero-order chi connectivity index (χ0) is 14.5. The van der Waals surface area contributed by atoms with Gasteiger partial charge in [-0.15, -0.1) is 0 Å². The summed E-state index contributed by atoms with van der Waals surface area (Å²) in [5, 5.41) is 3.30. The van der Waals surface area contributed by atoms with Gasteiger partial charge in [0.1, 0.15) is 5.82 Å². The molecule has 1 fully saturated rings. The van der Waals surface area contributed by atoms with Crippen LogP contribution in [0.4, 0.5) is 10.1 Å². The Morgan fingerprint density at radius 3 is 2.65 bits per heavy atom. The van der Waals surface area contributed by atoms with Gasteiger partial charge in [-0.25, -0.2) is 4.39 Å². The highest BCUT2D eigenvalue weighted by molar-refractivity contribution is 5.50. The number of rotatable bonds is 5. The molecule has 1 atom stereocenters. The van der Waals surface area contributed by atoms with E-state index in [1.165, 1.54) is 0 Å². The van der Waals surface area contributed by atoms with Crippen molar-refractivity contribution in [3.05, 3.63) is 29.6 Å². The molecule has 1 aliphatic rings. The monoisotopic (exact) mass is 280 g/mol. The van der Waals surface area contributed by atoms with Crippen molar-refractivity contribution >= 4 is 5.69 Å². The predicted molar refractivity (Wildman–Crippen MR) is 80.7 cm³/mol. The summed E-state index contributed by atoms with van der Waals surface area (Å²) < 4.78 is 19.7. The fourth-order valence-corrected chi connectivity index (χ4v) is 2.81. The number of hydrogen-bond acceptors (Lipinski definition) is 3. The minimum atomic E-state index is -0.122. The zero-order valence-corrected chi connectivity index (χ0v) is 12.7. The molecular formula is C16H25FN2O. The average Bonchev–Trinajstić information content (AvgIpc) is 2.47. The van der Waals surface area contributed by atoms with Gasteiger partial charge in [0, 0.05) is 26.2 Å². The van der Waals surface area contributed by atoms with Crippen molar-refractivity contribution in [1.29, 1.82) is 0 Å². The zero-order valence-electron chi connectivity index (χ0n) is 12.7. The Bertz CT molecular complexity index is 430. The van der Waals surface area contributed by atoms with E-state index in [0.29, 0.717) is 11.8 Å². The number of halogens is 1. The highest BCUT2D eigenvalue weighted by Gasteiger charge is 2.21. The van der Waals surface area contributed by atoms with E-state index in [-0.39, 0.29) is 11.9 Å². The van der Waals surface area contributed by atoms with E-state index in [1.807, 2.05) is 12.1 Å². The summed E-state index contributed by atoms with van der Waals surface area (Å²) >= 11 is 0. The molecule has 1 N–H and O–H groups in total. The van der Waals surface area contributed by atoms with Gasteiger partial charge in [0.15, 0.2) is 0 Å². The van der Waals surface area contributed by atoms with Crippen LogP contribution in [0.2, 0.25) is 0 Å². The maximum Gasteiger partial charge on any atom is 0.146 e. The van der Waals surface area contributed by atoms with Crippen LogP contribution in [0.3, 0.4) is 0 Å². The van der Waals surface area contributed by atoms with E-state index in [4.69, 9.17) is 4.74 Å². The second-order valence-corrected chi connectivity index (χ2v) is 5.41. The maximum absolute atomic E-state index is 14.3. The number of methoxy groups -OCH3 is 1. The Hall–Kier alpha value is -1.13. The van der Waals surface area contributed by atoms with Gasteiger partial charge in [0.05, 0.1) is 11.8 Å². The molecule has 1 unspecified atom stereocenters. The third-order valence-corrected chi connectivity index (χ3v) is 4.10. The molecule has 1 aliphatic heterocycles. The van der Waals surface area contributed by atoms with Crippen molar-refractivity contribution < 1.29 is 9.13 Å². The van der Waals surface area contributed by atoms with Crippen molar-refractivity contribution in [2.75, 3.05) is 31.6 Å². The average molecular weight is 280 g/mol. The van der Waals surface area contributed by atoms with Gasteiger partial charge < -0.3 is 15.0 Å². The number of anilines is 1. The van der Waals surface area contributed by atoms with Crippen molar-refractivity contribution in [2.45, 2.75) is 38.8 Å². The third kappa shape index (κ3) is 3.49. The van der Waals surface area contributed by atoms with Gasteiger partial charge in [-0.1, -0.05) is 13.0 Å². The van der Waals surface area contributed by atoms with Crippen molar-refractivity contribution in [1.82, 2.24) is 5.32 Å². The Labute approximate surface area is 121 Å². The summed E-state index contributed by atoms with van der Waals surface area (Å²) in [5.41, 5.74) is 1.71. The normalized spacial score (nSPS) is 18.3. The first-order valence-corrected chi connectivity index (χ1v) is 7.46. The summed E-state index contributed by atoms with van der Waals surface area (Å²) in [6.45, 7) is 6.72. The Kier molecular flexibility index (Phi) is 5.38.